The Morgan fingerprint density at radius 2 is 1.93 bits per heavy atom. The first kappa shape index (κ1) is 19.4. The van der Waals surface area contributed by atoms with Crippen LogP contribution < -0.4 is 5.32 Å². The standard InChI is InChI=1S/C22H20F3N3O/c1-12-3-4-15(21(29)27-17-6-7-17)10-19(12)14-5-8-18-16(9-14)11-26-28-20(18)13(2)22(23,24)25/h3-5,8-11,13,17H,6-7H2,1-2H3,(H,27,29)/t13-/m1/s1. The molecule has 7 heteroatoms. The molecule has 0 spiro atoms. The second-order valence-electron chi connectivity index (χ2n) is 7.57. The van der Waals surface area contributed by atoms with Crippen molar-refractivity contribution in [3.05, 3.63) is 59.4 Å². The quantitative estimate of drug-likeness (QED) is 0.659. The van der Waals surface area contributed by atoms with E-state index in [2.05, 4.69) is 15.5 Å². The molecule has 1 atom stereocenters. The predicted octanol–water partition coefficient (Wildman–Crippen LogP) is 5.16. The van der Waals surface area contributed by atoms with Crippen LogP contribution in [-0.2, 0) is 0 Å². The van der Waals surface area contributed by atoms with E-state index >= 15 is 0 Å². The smallest absolute Gasteiger partial charge is 0.349 e. The summed E-state index contributed by atoms with van der Waals surface area (Å²) >= 11 is 0. The molecule has 29 heavy (non-hydrogen) atoms. The second kappa shape index (κ2) is 7.13. The first-order valence-corrected chi connectivity index (χ1v) is 9.48. The molecule has 1 saturated carbocycles. The summed E-state index contributed by atoms with van der Waals surface area (Å²) in [7, 11) is 0. The van der Waals surface area contributed by atoms with Gasteiger partial charge in [-0.15, -0.1) is 0 Å². The highest BCUT2D eigenvalue weighted by Gasteiger charge is 2.39. The summed E-state index contributed by atoms with van der Waals surface area (Å²) in [6.45, 7) is 3.02. The fraction of sp³-hybridized carbons (Fsp3) is 0.318. The third-order valence-electron chi connectivity index (χ3n) is 5.31. The Morgan fingerprint density at radius 1 is 1.17 bits per heavy atom. The number of nitrogens with one attached hydrogen (secondary N) is 1. The molecule has 0 saturated heterocycles. The molecular formula is C22H20F3N3O. The fourth-order valence-corrected chi connectivity index (χ4v) is 3.32. The maximum Gasteiger partial charge on any atom is 0.397 e. The summed E-state index contributed by atoms with van der Waals surface area (Å²) in [5.41, 5.74) is 3.12. The van der Waals surface area contributed by atoms with Crippen molar-refractivity contribution in [1.82, 2.24) is 15.5 Å². The molecular weight excluding hydrogens is 379 g/mol. The minimum absolute atomic E-state index is 0.0872. The van der Waals surface area contributed by atoms with E-state index in [-0.39, 0.29) is 17.6 Å². The van der Waals surface area contributed by atoms with E-state index in [1.807, 2.05) is 19.1 Å². The van der Waals surface area contributed by atoms with E-state index in [0.717, 1.165) is 36.5 Å². The molecule has 4 rings (SSSR count). The van der Waals surface area contributed by atoms with Gasteiger partial charge in [-0.1, -0.05) is 18.2 Å². The van der Waals surface area contributed by atoms with Gasteiger partial charge < -0.3 is 5.32 Å². The van der Waals surface area contributed by atoms with Crippen molar-refractivity contribution >= 4 is 16.7 Å². The highest BCUT2D eigenvalue weighted by Crippen LogP contribution is 2.37. The topological polar surface area (TPSA) is 54.9 Å². The van der Waals surface area contributed by atoms with Crippen LogP contribution in [0.25, 0.3) is 21.9 Å². The van der Waals surface area contributed by atoms with Crippen molar-refractivity contribution in [2.75, 3.05) is 0 Å². The molecule has 0 aliphatic heterocycles. The number of aromatic nitrogens is 2. The van der Waals surface area contributed by atoms with Crippen molar-refractivity contribution in [1.29, 1.82) is 0 Å². The fourth-order valence-electron chi connectivity index (χ4n) is 3.32. The molecule has 1 aliphatic rings. The number of hydrogen-bond acceptors (Lipinski definition) is 3. The average molecular weight is 399 g/mol. The highest BCUT2D eigenvalue weighted by atomic mass is 19.4. The Bertz CT molecular complexity index is 1090. The van der Waals surface area contributed by atoms with Gasteiger partial charge in [0.2, 0.25) is 0 Å². The Balaban J connectivity index is 1.74. The van der Waals surface area contributed by atoms with Gasteiger partial charge in [0.05, 0.1) is 17.8 Å². The van der Waals surface area contributed by atoms with Crippen LogP contribution in [-0.4, -0.2) is 28.3 Å². The molecule has 0 radical (unpaired) electrons. The monoisotopic (exact) mass is 399 g/mol. The van der Waals surface area contributed by atoms with E-state index in [1.54, 1.807) is 24.3 Å². The molecule has 1 N–H and O–H groups in total. The normalized spacial score (nSPS) is 15.3. The Kier molecular flexibility index (Phi) is 4.76. The number of aryl methyl sites for hydroxylation is 1. The first-order chi connectivity index (χ1) is 13.7. The molecule has 3 aromatic rings. The summed E-state index contributed by atoms with van der Waals surface area (Å²) in [6, 6.07) is 11.0. The summed E-state index contributed by atoms with van der Waals surface area (Å²) < 4.78 is 39.5. The van der Waals surface area contributed by atoms with Gasteiger partial charge in [0.15, 0.2) is 0 Å². The van der Waals surface area contributed by atoms with E-state index in [1.165, 1.54) is 6.20 Å². The molecule has 1 amide bonds. The minimum Gasteiger partial charge on any atom is -0.349 e. The average Bonchev–Trinajstić information content (AvgIpc) is 3.50. The van der Waals surface area contributed by atoms with Crippen LogP contribution in [0.4, 0.5) is 13.2 Å². The zero-order chi connectivity index (χ0) is 20.8. The molecule has 0 bridgehead atoms. The number of nitrogens with zero attached hydrogens (tertiary/aromatic N) is 2. The number of fused-ring (bicyclic) bond motifs is 1. The lowest BCUT2D eigenvalue weighted by Crippen LogP contribution is -2.25. The van der Waals surface area contributed by atoms with Gasteiger partial charge in [-0.3, -0.25) is 4.79 Å². The number of hydrogen-bond donors (Lipinski definition) is 1. The van der Waals surface area contributed by atoms with E-state index in [0.29, 0.717) is 16.3 Å². The van der Waals surface area contributed by atoms with Crippen molar-refractivity contribution in [3.63, 3.8) is 0 Å². The van der Waals surface area contributed by atoms with Crippen molar-refractivity contribution in [3.8, 4) is 11.1 Å². The maximum atomic E-state index is 13.2. The molecule has 1 aromatic heterocycles. The summed E-state index contributed by atoms with van der Waals surface area (Å²) in [5.74, 6) is -1.82. The minimum atomic E-state index is -4.39. The molecule has 4 nitrogen and oxygen atoms in total. The number of alkyl halides is 3. The molecule has 150 valence electrons. The van der Waals surface area contributed by atoms with Gasteiger partial charge in [0, 0.05) is 22.4 Å². The van der Waals surface area contributed by atoms with Gasteiger partial charge in [-0.05, 0) is 61.6 Å². The molecule has 2 aromatic carbocycles. The third kappa shape index (κ3) is 3.95. The van der Waals surface area contributed by atoms with Gasteiger partial charge in [0.1, 0.15) is 0 Å². The number of benzene rings is 2. The van der Waals surface area contributed by atoms with Crippen LogP contribution in [0.3, 0.4) is 0 Å². The van der Waals surface area contributed by atoms with E-state index in [9.17, 15) is 18.0 Å². The first-order valence-electron chi connectivity index (χ1n) is 9.48. The van der Waals surface area contributed by atoms with Gasteiger partial charge >= 0.3 is 6.18 Å². The van der Waals surface area contributed by atoms with Gasteiger partial charge in [0.25, 0.3) is 5.91 Å². The van der Waals surface area contributed by atoms with Crippen LogP contribution in [0.2, 0.25) is 0 Å². The second-order valence-corrected chi connectivity index (χ2v) is 7.57. The summed E-state index contributed by atoms with van der Waals surface area (Å²) in [5, 5.41) is 11.5. The molecule has 1 fully saturated rings. The largest absolute Gasteiger partial charge is 0.397 e. The van der Waals surface area contributed by atoms with E-state index < -0.39 is 12.1 Å². The molecule has 0 unspecified atom stereocenters. The number of carbonyl (C=O) groups excluding carboxylic acids is 1. The SMILES string of the molecule is Cc1ccc(C(=O)NC2CC2)cc1-c1ccc2c([C@@H](C)C(F)(F)F)nncc2c1. The van der Waals surface area contributed by atoms with Crippen molar-refractivity contribution < 1.29 is 18.0 Å². The lowest BCUT2D eigenvalue weighted by atomic mass is 9.94. The number of rotatable bonds is 4. The Hall–Kier alpha value is -2.96. The molecule has 1 heterocycles. The third-order valence-corrected chi connectivity index (χ3v) is 5.31. The number of carbonyl (C=O) groups is 1. The Morgan fingerprint density at radius 3 is 2.62 bits per heavy atom. The lowest BCUT2D eigenvalue weighted by Gasteiger charge is -2.16. The van der Waals surface area contributed by atoms with Gasteiger partial charge in [-0.25, -0.2) is 0 Å². The summed E-state index contributed by atoms with van der Waals surface area (Å²) in [4.78, 5) is 12.4. The van der Waals surface area contributed by atoms with Crippen LogP contribution in [0.15, 0.2) is 42.6 Å². The van der Waals surface area contributed by atoms with E-state index in [4.69, 9.17) is 0 Å². The van der Waals surface area contributed by atoms with Gasteiger partial charge in [-0.2, -0.15) is 23.4 Å². The van der Waals surface area contributed by atoms with Crippen molar-refractivity contribution in [2.45, 2.75) is 44.8 Å². The van der Waals surface area contributed by atoms with Crippen molar-refractivity contribution in [2.24, 2.45) is 0 Å². The number of halogens is 3. The number of amides is 1. The van der Waals surface area contributed by atoms with Crippen LogP contribution in [0.1, 0.15) is 47.3 Å². The highest BCUT2D eigenvalue weighted by molar-refractivity contribution is 5.97. The van der Waals surface area contributed by atoms with Crippen LogP contribution >= 0.6 is 0 Å². The Labute approximate surface area is 166 Å². The van der Waals surface area contributed by atoms with Crippen LogP contribution in [0.5, 0.6) is 0 Å². The molecule has 1 aliphatic carbocycles. The predicted molar refractivity (Wildman–Crippen MR) is 105 cm³/mol. The lowest BCUT2D eigenvalue weighted by molar-refractivity contribution is -0.146. The zero-order valence-corrected chi connectivity index (χ0v) is 16.0. The maximum absolute atomic E-state index is 13.2. The van der Waals surface area contributed by atoms with Crippen LogP contribution in [0, 0.1) is 6.92 Å². The summed E-state index contributed by atoms with van der Waals surface area (Å²) in [6.07, 6.45) is -0.907. The zero-order valence-electron chi connectivity index (χ0n) is 16.0.